The second-order valence-corrected chi connectivity index (χ2v) is 17.2. The van der Waals surface area contributed by atoms with Gasteiger partial charge in [-0.05, 0) is 24.8 Å². The van der Waals surface area contributed by atoms with Gasteiger partial charge in [-0.25, -0.2) is 4.79 Å². The van der Waals surface area contributed by atoms with Crippen LogP contribution in [0.2, 0.25) is 0 Å². The van der Waals surface area contributed by atoms with Crippen LogP contribution < -0.4 is 10.6 Å². The van der Waals surface area contributed by atoms with Gasteiger partial charge in [-0.1, -0.05) is 30.3 Å². The molecule has 3 rings (SSSR count). The van der Waals surface area contributed by atoms with Crippen LogP contribution in [0.1, 0.15) is 91.0 Å². The third-order valence-electron chi connectivity index (χ3n) is 11.0. The summed E-state index contributed by atoms with van der Waals surface area (Å²) in [5, 5.41) is 15.1. The first kappa shape index (κ1) is 55.4. The molecule has 0 radical (unpaired) electrons. The van der Waals surface area contributed by atoms with Gasteiger partial charge in [-0.3, -0.25) is 57.6 Å². The average molecular weight is 1170 g/mol. The summed E-state index contributed by atoms with van der Waals surface area (Å²) in [6.45, 7) is -14.7. The first-order valence-electron chi connectivity index (χ1n) is 30.1. The predicted molar refractivity (Wildman–Crippen MR) is 268 cm³/mol. The van der Waals surface area contributed by atoms with Crippen LogP contribution in [0.4, 0.5) is 4.79 Å². The van der Waals surface area contributed by atoms with Crippen molar-refractivity contribution in [2.45, 2.75) is 142 Å². The molecule has 10 atom stereocenters. The summed E-state index contributed by atoms with van der Waals surface area (Å²) in [4.78, 5) is 154. The van der Waals surface area contributed by atoms with Crippen molar-refractivity contribution in [1.82, 2.24) is 20.4 Å². The fourth-order valence-electron chi connectivity index (χ4n) is 7.81. The zero-order chi connectivity index (χ0) is 65.8. The zero-order valence-electron chi connectivity index (χ0n) is 52.0. The van der Waals surface area contributed by atoms with E-state index in [9.17, 15) is 62.6 Å². The number of amides is 3. The Bertz CT molecular complexity index is 2380. The number of hydrogen-bond acceptors (Lipinski definition) is 26. The van der Waals surface area contributed by atoms with Gasteiger partial charge in [0.1, 0.15) is 32.0 Å². The molecular formula is C51H72N4O26. The van der Waals surface area contributed by atoms with Crippen LogP contribution >= 0.6 is 0 Å². The summed E-state index contributed by atoms with van der Waals surface area (Å²) in [6, 6.07) is 8.99. The Morgan fingerprint density at radius 2 is 0.951 bits per heavy atom. The van der Waals surface area contributed by atoms with Gasteiger partial charge in [0.25, 0.3) is 0 Å². The Hall–Kier alpha value is -7.54. The maximum Gasteiger partial charge on any atom is 0.407 e. The highest BCUT2D eigenvalue weighted by Crippen LogP contribution is 2.32. The number of nitrogens with zero attached hydrogens (tertiary/aromatic N) is 2. The number of esters is 8. The second-order valence-electron chi connectivity index (χ2n) is 17.2. The maximum atomic E-state index is 14.5. The molecule has 30 heteroatoms. The number of benzene rings is 1. The molecule has 0 aliphatic carbocycles. The van der Waals surface area contributed by atoms with E-state index in [2.05, 4.69) is 10.6 Å². The second kappa shape index (κ2) is 35.2. The molecule has 2 fully saturated rings. The van der Waals surface area contributed by atoms with E-state index in [-0.39, 0.29) is 19.7 Å². The quantitative estimate of drug-likeness (QED) is 0.0470. The Morgan fingerprint density at radius 3 is 1.40 bits per heavy atom. The number of rotatable bonds is 32. The fourth-order valence-corrected chi connectivity index (χ4v) is 7.81. The molecule has 0 bridgehead atoms. The molecule has 0 saturated carbocycles. The van der Waals surface area contributed by atoms with Crippen LogP contribution in [0.25, 0.3) is 0 Å². The molecular weight excluding hydrogens is 1080 g/mol. The summed E-state index contributed by atoms with van der Waals surface area (Å²) in [6.07, 6.45) is -18.3. The lowest BCUT2D eigenvalue weighted by molar-refractivity contribution is -0.309. The number of hydrogen-bond donors (Lipinski definition) is 3. The van der Waals surface area contributed by atoms with Gasteiger partial charge < -0.3 is 82.2 Å². The molecule has 3 amide bonds. The van der Waals surface area contributed by atoms with Gasteiger partial charge in [-0.2, -0.15) is 0 Å². The van der Waals surface area contributed by atoms with Crippen LogP contribution in [0, 0.1) is 0 Å². The van der Waals surface area contributed by atoms with Crippen molar-refractivity contribution < 1.29 is 135 Å². The molecule has 2 aliphatic heterocycles. The maximum absolute atomic E-state index is 14.5. The largest absolute Gasteiger partial charge is 0.480 e. The minimum absolute atomic E-state index is 0.0649. The molecule has 30 nitrogen and oxygen atoms in total. The Labute approximate surface area is 477 Å². The Morgan fingerprint density at radius 1 is 0.519 bits per heavy atom. The van der Waals surface area contributed by atoms with Gasteiger partial charge in [-0.15, -0.1) is 0 Å². The molecule has 3 N–H and O–H groups in total. The van der Waals surface area contributed by atoms with E-state index in [0.717, 1.165) is 15.4 Å². The standard InChI is InChI=1S/C51H72N4O26/c1-29(56)71-27-38-43(74-31(3)58)45(76-33(5)60)47(78-35(7)62)49(80-38)69-21-19-55(20-22-70-50-48(79-36(8)63)46(77-34(6)61)44(75-32(4)59)39(81-50)28-72-30(2)57)41(65)24-54(25-42(66)67)23-40(64)52-17-13-10-14-18-53-51(68)73-26-37-15-11-9-12-16-37/h9,11-12,15-16,38-39,43-50H,10,13-14,17-28H2,1-8H3,(H,52,64)(H,53,68)(H,66,67)/t38-,39-,43-,44-,45+,46+,47+,48+,49?,50?/m1/s1/i1D,2D,3D,4D,5D,6D,7D,8D. The van der Waals surface area contributed by atoms with Crippen LogP contribution in [-0.4, -0.2) is 220 Å². The van der Waals surface area contributed by atoms with Crippen LogP contribution in [0.15, 0.2) is 30.3 Å². The summed E-state index contributed by atoms with van der Waals surface area (Å²) in [5.74, 6) is -13.2. The monoisotopic (exact) mass is 1160 g/mol. The molecule has 0 spiro atoms. The number of carbonyl (C=O) groups is 12. The van der Waals surface area contributed by atoms with E-state index in [1.165, 1.54) is 0 Å². The SMILES string of the molecule is [2H]CC(=O)OC[C@H]1OC(OCCN(CCOC2O[C@H](COC(=O)C[2H])[C@@H](OC(=O)C[2H])[C@H](OC(=O)C[2H])[C@@H]2OC(=O)C[2H])C(=O)CN(CC(=O)O)CC(=O)NCCCCCNC(=O)OCc2ccccc2)[C@@H](OC(=O)C[2H])[C@@H](OC(=O)C[2H])[C@@H]1OC(=O)C[2H]. The van der Waals surface area contributed by atoms with Gasteiger partial charge in [0.15, 0.2) is 49.2 Å². The van der Waals surface area contributed by atoms with Crippen LogP contribution in [-0.2, 0) is 121 Å². The van der Waals surface area contributed by atoms with Crippen molar-refractivity contribution in [2.24, 2.45) is 0 Å². The normalized spacial score (nSPS) is 23.4. The number of aliphatic carboxylic acids is 1. The van der Waals surface area contributed by atoms with E-state index in [1.54, 1.807) is 24.3 Å². The van der Waals surface area contributed by atoms with Gasteiger partial charge in [0, 0.05) is 92.3 Å². The molecule has 2 saturated heterocycles. The third-order valence-corrected chi connectivity index (χ3v) is 11.0. The molecule has 2 unspecified atom stereocenters. The lowest BCUT2D eigenvalue weighted by Crippen LogP contribution is -2.63. The highest BCUT2D eigenvalue weighted by Gasteiger charge is 2.54. The van der Waals surface area contributed by atoms with Gasteiger partial charge >= 0.3 is 59.8 Å². The van der Waals surface area contributed by atoms with E-state index in [1.807, 2.05) is 6.07 Å². The molecule has 1 aromatic carbocycles. The molecule has 81 heavy (non-hydrogen) atoms. The molecule has 2 aliphatic rings. The highest BCUT2D eigenvalue weighted by atomic mass is 16.7. The predicted octanol–water partition coefficient (Wildman–Crippen LogP) is -0.386. The van der Waals surface area contributed by atoms with E-state index in [4.69, 9.17) is 72.5 Å². The molecule has 452 valence electrons. The summed E-state index contributed by atoms with van der Waals surface area (Å²) in [7, 11) is 0. The smallest absolute Gasteiger partial charge is 0.407 e. The number of alkyl carbamates (subject to hydrolysis) is 1. The summed E-state index contributed by atoms with van der Waals surface area (Å²) < 4.78 is 131. The number of unbranched alkanes of at least 4 members (excludes halogenated alkanes) is 2. The third kappa shape index (κ3) is 26.1. The van der Waals surface area contributed by atoms with Crippen LogP contribution in [0.5, 0.6) is 0 Å². The van der Waals surface area contributed by atoms with Crippen LogP contribution in [0.3, 0.4) is 0 Å². The summed E-state index contributed by atoms with van der Waals surface area (Å²) >= 11 is 0. The van der Waals surface area contributed by atoms with Crippen molar-refractivity contribution in [3.8, 4) is 0 Å². The fraction of sp³-hybridized carbons (Fsp3) is 0.647. The van der Waals surface area contributed by atoms with E-state index < -0.39 is 247 Å². The summed E-state index contributed by atoms with van der Waals surface area (Å²) in [5.41, 5.74) is 0.791. The first-order valence-corrected chi connectivity index (χ1v) is 24.4. The van der Waals surface area contributed by atoms with E-state index in [0.29, 0.717) is 19.3 Å². The minimum Gasteiger partial charge on any atom is -0.480 e. The molecule has 1 aromatic rings. The number of carboxylic acid groups (broad SMARTS) is 1. The highest BCUT2D eigenvalue weighted by molar-refractivity contribution is 5.82. The lowest BCUT2D eigenvalue weighted by Gasteiger charge is -2.44. The van der Waals surface area contributed by atoms with Crippen molar-refractivity contribution in [2.75, 3.05) is 72.2 Å². The Balaban J connectivity index is 1.99. The first-order chi connectivity index (χ1) is 42.6. The van der Waals surface area contributed by atoms with Crippen molar-refractivity contribution in [3.63, 3.8) is 0 Å². The Kier molecular flexibility index (Phi) is 24.1. The van der Waals surface area contributed by atoms with Crippen molar-refractivity contribution in [1.29, 1.82) is 0 Å². The molecule has 2 heterocycles. The van der Waals surface area contributed by atoms with Crippen molar-refractivity contribution in [3.05, 3.63) is 35.9 Å². The minimum atomic E-state index is -2.00. The lowest BCUT2D eigenvalue weighted by atomic mass is 9.98. The number of nitrogens with one attached hydrogen (secondary N) is 2. The van der Waals surface area contributed by atoms with Crippen molar-refractivity contribution >= 4 is 71.6 Å². The molecule has 0 aromatic heterocycles. The number of carbonyl (C=O) groups excluding carboxylic acids is 11. The number of ether oxygens (including phenoxy) is 13. The van der Waals surface area contributed by atoms with Gasteiger partial charge in [0.05, 0.1) is 32.8 Å². The number of carboxylic acids is 1. The van der Waals surface area contributed by atoms with Gasteiger partial charge in [0.2, 0.25) is 11.8 Å². The van der Waals surface area contributed by atoms with E-state index >= 15 is 0 Å². The zero-order valence-corrected chi connectivity index (χ0v) is 44.0. The topological polar surface area (TPSA) is 376 Å². The average Bonchev–Trinajstić information content (AvgIpc) is 1.36.